The molecule has 2 aliphatic heterocycles. The largest absolute Gasteiger partial charge is 0.508 e. The SMILES string of the molecule is CC(C)(O)C(C)(C)O.CC1(C)OB(c2cccc(-n3cc(C(=O)NC4CC4)c(=O)c4cccnc43)c2)OC1(C)C.CCOC(=O)c1cn(-c2cccc(B3OC(C)(C)C(C)(C)O3)c2)c2ncccc2c1=O.NC1CC1.O=C(NC1CC1)c1cn(-c2cccc(B(O)O)c2)c2ncccc2c1=O.O=C(NC1CC1)c1cn(-c2cccc(O)c2)c2ncccc2c1=O.O=C(O)c1cn(-c2cccc(B(O)O)c2)c2ncccc2c1=O. The lowest BCUT2D eigenvalue weighted by Crippen LogP contribution is -2.44. The van der Waals surface area contributed by atoms with Gasteiger partial charge in [0.1, 0.15) is 61.8 Å². The predicted molar refractivity (Wildman–Crippen MR) is 564 cm³/mol. The number of aromatic hydroxyl groups is 1. The Morgan fingerprint density at radius 1 is 0.392 bits per heavy atom. The summed E-state index contributed by atoms with van der Waals surface area (Å²) in [5.74, 6) is -3.03. The van der Waals surface area contributed by atoms with Crippen molar-refractivity contribution < 1.29 is 87.8 Å². The highest BCUT2D eigenvalue weighted by Gasteiger charge is 2.53. The maximum Gasteiger partial charge on any atom is 0.494 e. The van der Waals surface area contributed by atoms with Crippen LogP contribution in [0.2, 0.25) is 0 Å². The topological polar surface area (TPSA) is 530 Å². The number of phenolic OH excluding ortho intramolecular Hbond substituents is 1. The van der Waals surface area contributed by atoms with Crippen LogP contribution in [0.4, 0.5) is 0 Å². The van der Waals surface area contributed by atoms with E-state index in [1.165, 1.54) is 66.6 Å². The Kier molecular flexibility index (Phi) is 31.8. The molecule has 5 aromatic carbocycles. The molecule has 0 bridgehead atoms. The smallest absolute Gasteiger partial charge is 0.494 e. The highest BCUT2D eigenvalue weighted by molar-refractivity contribution is 6.63. The first-order chi connectivity index (χ1) is 70.1. The quantitative estimate of drug-likeness (QED) is 0.0271. The summed E-state index contributed by atoms with van der Waals surface area (Å²) < 4.78 is 38.0. The van der Waals surface area contributed by atoms with Crippen molar-refractivity contribution in [2.24, 2.45) is 5.73 Å². The number of pyridine rings is 10. The summed E-state index contributed by atoms with van der Waals surface area (Å²) in [4.78, 5) is 146. The van der Waals surface area contributed by atoms with Crippen LogP contribution in [0.15, 0.2) is 268 Å². The molecule has 762 valence electrons. The molecule has 0 atom stereocenters. The van der Waals surface area contributed by atoms with Crippen molar-refractivity contribution in [2.75, 3.05) is 6.61 Å². The first-order valence-electron chi connectivity index (χ1n) is 48.3. The van der Waals surface area contributed by atoms with Gasteiger partial charge in [-0.2, -0.15) is 0 Å². The molecule has 15 aromatic rings. The summed E-state index contributed by atoms with van der Waals surface area (Å²) >= 11 is 0. The molecule has 41 heteroatoms. The number of benzene rings is 5. The first kappa shape index (κ1) is 107. The van der Waals surface area contributed by atoms with E-state index in [1.54, 1.807) is 199 Å². The molecule has 2 saturated heterocycles. The zero-order valence-electron chi connectivity index (χ0n) is 83.8. The van der Waals surface area contributed by atoms with Crippen molar-refractivity contribution >= 4 is 135 Å². The van der Waals surface area contributed by atoms with Gasteiger partial charge < -0.3 is 108 Å². The van der Waals surface area contributed by atoms with Crippen LogP contribution >= 0.6 is 0 Å². The van der Waals surface area contributed by atoms with Crippen LogP contribution in [0.25, 0.3) is 83.6 Å². The number of phenols is 1. The number of carbonyl (C=O) groups is 5. The monoisotopic (exact) mass is 2010 g/mol. The third-order valence-corrected chi connectivity index (χ3v) is 26.5. The van der Waals surface area contributed by atoms with Gasteiger partial charge in [0.05, 0.1) is 72.8 Å². The van der Waals surface area contributed by atoms with Crippen molar-refractivity contribution in [1.82, 2.24) is 63.7 Å². The summed E-state index contributed by atoms with van der Waals surface area (Å²) in [6, 6.07) is 52.1. The summed E-state index contributed by atoms with van der Waals surface area (Å²) in [6.45, 7) is 24.3. The lowest BCUT2D eigenvalue weighted by Gasteiger charge is -2.32. The third kappa shape index (κ3) is 24.5. The molecular formula is C107H114B4N14O23. The fourth-order valence-electron chi connectivity index (χ4n) is 15.3. The van der Waals surface area contributed by atoms with Gasteiger partial charge in [-0.1, -0.05) is 54.6 Å². The zero-order chi connectivity index (χ0) is 107. The van der Waals surface area contributed by atoms with Crippen molar-refractivity contribution in [3.05, 3.63) is 323 Å². The van der Waals surface area contributed by atoms with E-state index < -0.39 is 90.8 Å². The van der Waals surface area contributed by atoms with E-state index >= 15 is 0 Å². The molecule has 4 aliphatic carbocycles. The number of ether oxygens (including phenoxy) is 1. The number of nitrogens with zero attached hydrogens (tertiary/aromatic N) is 10. The Bertz CT molecular complexity index is 7880. The number of fused-ring (bicyclic) bond motifs is 5. The normalized spacial score (nSPS) is 15.5. The van der Waals surface area contributed by atoms with Crippen LogP contribution in [0.5, 0.6) is 5.75 Å². The van der Waals surface area contributed by atoms with Crippen molar-refractivity contribution in [3.63, 3.8) is 0 Å². The van der Waals surface area contributed by atoms with Crippen LogP contribution in [0.3, 0.4) is 0 Å². The number of aromatic nitrogens is 10. The Morgan fingerprint density at radius 2 is 0.649 bits per heavy atom. The van der Waals surface area contributed by atoms with Gasteiger partial charge >= 0.3 is 40.4 Å². The second-order valence-corrected chi connectivity index (χ2v) is 39.6. The van der Waals surface area contributed by atoms with Crippen molar-refractivity contribution in [1.29, 1.82) is 0 Å². The molecule has 13 N–H and O–H groups in total. The number of carbonyl (C=O) groups excluding carboxylic acids is 4. The lowest BCUT2D eigenvalue weighted by molar-refractivity contribution is -0.107. The van der Waals surface area contributed by atoms with Gasteiger partial charge in [-0.3, -0.25) is 38.4 Å². The third-order valence-electron chi connectivity index (χ3n) is 26.5. The summed E-state index contributed by atoms with van der Waals surface area (Å²) in [5, 5.41) is 84.8. The number of carboxylic acids is 1. The van der Waals surface area contributed by atoms with E-state index in [0.717, 1.165) is 60.8 Å². The van der Waals surface area contributed by atoms with Gasteiger partial charge in [-0.05, 0) is 285 Å². The van der Waals surface area contributed by atoms with E-state index in [1.807, 2.05) is 104 Å². The summed E-state index contributed by atoms with van der Waals surface area (Å²) in [6.07, 6.45) is 23.3. The molecule has 0 spiro atoms. The minimum atomic E-state index is -1.66. The van der Waals surface area contributed by atoms with E-state index in [9.17, 15) is 78.3 Å². The van der Waals surface area contributed by atoms with Crippen LogP contribution in [-0.4, -0.2) is 211 Å². The maximum atomic E-state index is 13.0. The van der Waals surface area contributed by atoms with E-state index in [0.29, 0.717) is 72.7 Å². The molecule has 12 heterocycles. The molecule has 6 aliphatic rings. The van der Waals surface area contributed by atoms with Crippen molar-refractivity contribution in [2.45, 2.75) is 199 Å². The van der Waals surface area contributed by atoms with E-state index in [-0.39, 0.29) is 103 Å². The average molecular weight is 2010 g/mol. The van der Waals surface area contributed by atoms with Crippen LogP contribution in [0, 0.1) is 0 Å². The maximum absolute atomic E-state index is 13.0. The number of amides is 3. The molecule has 4 saturated carbocycles. The molecule has 21 rings (SSSR count). The molecule has 148 heavy (non-hydrogen) atoms. The number of nitrogens with one attached hydrogen (secondary N) is 3. The van der Waals surface area contributed by atoms with Crippen LogP contribution < -0.4 is 70.7 Å². The molecule has 10 aromatic heterocycles. The van der Waals surface area contributed by atoms with Crippen LogP contribution in [-0.2, 0) is 23.4 Å². The van der Waals surface area contributed by atoms with E-state index in [2.05, 4.69) is 40.9 Å². The van der Waals surface area contributed by atoms with Crippen molar-refractivity contribution in [3.8, 4) is 34.2 Å². The van der Waals surface area contributed by atoms with Gasteiger partial charge in [0.2, 0.25) is 27.1 Å². The Morgan fingerprint density at radius 3 is 0.912 bits per heavy atom. The molecule has 0 radical (unpaired) electrons. The minimum Gasteiger partial charge on any atom is -0.508 e. The fraction of sp³-hybridized carbons (Fsp3) is 0.299. The predicted octanol–water partition coefficient (Wildman–Crippen LogP) is 7.78. The fourth-order valence-corrected chi connectivity index (χ4v) is 15.3. The molecule has 3 amide bonds. The molecule has 0 unspecified atom stereocenters. The number of esters is 1. The van der Waals surface area contributed by atoms with Gasteiger partial charge in [-0.25, -0.2) is 34.5 Å². The van der Waals surface area contributed by atoms with Gasteiger partial charge in [-0.15, -0.1) is 0 Å². The lowest BCUT2D eigenvalue weighted by atomic mass is 9.79. The number of nitrogens with two attached hydrogens (primary N) is 1. The second kappa shape index (κ2) is 43.9. The van der Waals surface area contributed by atoms with Gasteiger partial charge in [0, 0.05) is 115 Å². The number of hydrogen-bond donors (Lipinski definition) is 12. The van der Waals surface area contributed by atoms with E-state index in [4.69, 9.17) is 39.3 Å². The van der Waals surface area contributed by atoms with Gasteiger partial charge in [0.25, 0.3) is 17.7 Å². The Balaban J connectivity index is 0.000000135. The molecule has 6 fully saturated rings. The highest BCUT2D eigenvalue weighted by atomic mass is 16.7. The Hall–Kier alpha value is -15.1. The van der Waals surface area contributed by atoms with Crippen LogP contribution in [0.1, 0.15) is 193 Å². The molecule has 37 nitrogen and oxygen atoms in total. The van der Waals surface area contributed by atoms with Gasteiger partial charge in [0.15, 0.2) is 0 Å². The standard InChI is InChI=1S/C24H26BN3O4.C23H25BN2O5.C18H16BN3O4.C18H15N3O3.C15H11BN2O5.C6H14O2.C3H7N/c1-23(2)24(3,4)32-25(31-23)15-7-5-8-17(13-15)28-14-19(22(30)27-16-10-11-16)20(29)18-9-6-12-26-21(18)28;1-6-29-21(28)18-14-26(20-17(19(18)27)11-8-12-25-20)16-10-7-9-15(13-16)24-30-22(2,3)23(4,5)31-24;23-16-14-5-2-8-20-17(14)22(10-15(16)18(24)21-12-6-7-12)13-4-1-3-11(9-13)19(25)26;22-13-4-1-3-12(9-13)21-10-15(18(24)20-11-6-7-11)16(23)14-5-2-8-19-17(14)21;19-13-11-5-2-6-17-14(11)18(8-12(13)15(20)21)10-4-1-3-9(7-10)16(22)23;1-5(2,7)6(3,4)8;4-3-1-2-3/h5-9,12-14,16H,10-11H2,1-4H3,(H,27,30);7-14H,6H2,1-5H3;1-5,8-10,12,25-26H,6-7H2,(H,21,24);1-5,8-11,22H,6-7H2,(H,20,24);1-8,22-23H,(H,20,21);7-8H,1-4H3;3H,1-2,4H2. The summed E-state index contributed by atoms with van der Waals surface area (Å²) in [7, 11) is -4.33. The number of carboxylic acid groups (broad SMARTS) is 1. The minimum absolute atomic E-state index is 0.0346. The average Bonchev–Trinajstić information content (AvgIpc) is 1.49. The number of aliphatic hydroxyl groups is 2. The molecular weight excluding hydrogens is 1890 g/mol. The first-order valence-corrected chi connectivity index (χ1v) is 48.3. The highest BCUT2D eigenvalue weighted by Crippen LogP contribution is 2.39. The second-order valence-electron chi connectivity index (χ2n) is 39.6. The number of hydrogen-bond acceptors (Lipinski definition) is 28. The Labute approximate surface area is 850 Å². The number of aromatic carboxylic acids is 1. The number of rotatable bonds is 19. The zero-order valence-corrected chi connectivity index (χ0v) is 83.8. The summed E-state index contributed by atoms with van der Waals surface area (Å²) in [5.41, 5.74) is 6.55.